The second kappa shape index (κ2) is 10.5. The van der Waals surface area contributed by atoms with E-state index in [2.05, 4.69) is 184 Å². The lowest BCUT2D eigenvalue weighted by molar-refractivity contribution is 0.660. The van der Waals surface area contributed by atoms with Crippen LogP contribution in [0.25, 0.3) is 49.4 Å². The number of fused-ring (bicyclic) bond motifs is 8. The Kier molecular flexibility index (Phi) is 6.23. The van der Waals surface area contributed by atoms with Crippen LogP contribution in [0.1, 0.15) is 41.7 Å². The standard InChI is InChI=1S/C46H38N2/c1-29-18-21-32(22-19-29)47(33-23-20-30(2)31(3)26-33)44-28-41-45(38-15-7-6-14-37(38)44)39-25-24-34(27-40(39)46(41,4)5)48-42-16-10-8-12-35(42)36-13-9-11-17-43(36)48/h6-28H,1-5H3. The molecule has 8 aromatic rings. The Morgan fingerprint density at radius 3 is 1.77 bits per heavy atom. The van der Waals surface area contributed by atoms with Gasteiger partial charge >= 0.3 is 0 Å². The zero-order chi connectivity index (χ0) is 32.7. The van der Waals surface area contributed by atoms with Crippen LogP contribution in [0.2, 0.25) is 0 Å². The molecule has 0 unspecified atom stereocenters. The van der Waals surface area contributed by atoms with Crippen molar-refractivity contribution in [1.29, 1.82) is 0 Å². The first kappa shape index (κ1) is 28.6. The largest absolute Gasteiger partial charge is 0.310 e. The first-order chi connectivity index (χ1) is 23.3. The number of para-hydroxylation sites is 2. The predicted octanol–water partition coefficient (Wildman–Crippen LogP) is 12.6. The predicted molar refractivity (Wildman–Crippen MR) is 205 cm³/mol. The molecule has 0 aliphatic heterocycles. The van der Waals surface area contributed by atoms with Crippen LogP contribution in [0.3, 0.4) is 0 Å². The third kappa shape index (κ3) is 4.12. The van der Waals surface area contributed by atoms with Gasteiger partial charge in [0.15, 0.2) is 0 Å². The van der Waals surface area contributed by atoms with Gasteiger partial charge in [-0.05, 0) is 114 Å². The smallest absolute Gasteiger partial charge is 0.0543 e. The van der Waals surface area contributed by atoms with Crippen molar-refractivity contribution in [2.24, 2.45) is 0 Å². The Morgan fingerprint density at radius 2 is 1.10 bits per heavy atom. The fourth-order valence-corrected chi connectivity index (χ4v) is 8.06. The van der Waals surface area contributed by atoms with E-state index in [1.165, 1.54) is 88.6 Å². The molecule has 1 aliphatic rings. The van der Waals surface area contributed by atoms with Gasteiger partial charge in [0.25, 0.3) is 0 Å². The second-order valence-electron chi connectivity index (χ2n) is 14.0. The Bertz CT molecular complexity index is 2510. The number of aryl methyl sites for hydroxylation is 3. The van der Waals surface area contributed by atoms with Crippen molar-refractivity contribution in [2.75, 3.05) is 4.90 Å². The molecule has 2 nitrogen and oxygen atoms in total. The van der Waals surface area contributed by atoms with Gasteiger partial charge < -0.3 is 9.47 Å². The van der Waals surface area contributed by atoms with Crippen LogP contribution >= 0.6 is 0 Å². The Labute approximate surface area is 282 Å². The summed E-state index contributed by atoms with van der Waals surface area (Å²) in [6.07, 6.45) is 0. The van der Waals surface area contributed by atoms with Gasteiger partial charge in [-0.2, -0.15) is 0 Å². The van der Waals surface area contributed by atoms with E-state index in [1.807, 2.05) is 0 Å². The molecule has 0 N–H and O–H groups in total. The van der Waals surface area contributed by atoms with E-state index in [9.17, 15) is 0 Å². The Balaban J connectivity index is 1.29. The molecule has 0 saturated heterocycles. The third-order valence-electron chi connectivity index (χ3n) is 10.8. The number of anilines is 3. The summed E-state index contributed by atoms with van der Waals surface area (Å²) < 4.78 is 2.44. The summed E-state index contributed by atoms with van der Waals surface area (Å²) in [7, 11) is 0. The summed E-state index contributed by atoms with van der Waals surface area (Å²) in [6, 6.07) is 51.9. The van der Waals surface area contributed by atoms with E-state index in [0.29, 0.717) is 0 Å². The van der Waals surface area contributed by atoms with Crippen LogP contribution in [0.15, 0.2) is 140 Å². The normalized spacial score (nSPS) is 13.3. The number of aromatic nitrogens is 1. The van der Waals surface area contributed by atoms with E-state index in [4.69, 9.17) is 0 Å². The van der Waals surface area contributed by atoms with Crippen molar-refractivity contribution < 1.29 is 0 Å². The lowest BCUT2D eigenvalue weighted by atomic mass is 9.81. The van der Waals surface area contributed by atoms with Crippen LogP contribution in [0.4, 0.5) is 17.1 Å². The molecule has 0 bridgehead atoms. The molecule has 0 atom stereocenters. The van der Waals surface area contributed by atoms with Crippen molar-refractivity contribution in [3.63, 3.8) is 0 Å². The molecule has 1 heterocycles. The molecule has 0 saturated carbocycles. The maximum atomic E-state index is 2.48. The van der Waals surface area contributed by atoms with E-state index in [0.717, 1.165) is 5.69 Å². The first-order valence-electron chi connectivity index (χ1n) is 16.9. The highest BCUT2D eigenvalue weighted by molar-refractivity contribution is 6.11. The average molecular weight is 619 g/mol. The highest BCUT2D eigenvalue weighted by Crippen LogP contribution is 2.55. The van der Waals surface area contributed by atoms with Crippen LogP contribution in [0.5, 0.6) is 0 Å². The quantitative estimate of drug-likeness (QED) is 0.190. The van der Waals surface area contributed by atoms with E-state index < -0.39 is 0 Å². The molecule has 232 valence electrons. The van der Waals surface area contributed by atoms with Gasteiger partial charge in [-0.3, -0.25) is 0 Å². The number of hydrogen-bond donors (Lipinski definition) is 0. The summed E-state index contributed by atoms with van der Waals surface area (Å²) in [5, 5.41) is 5.12. The summed E-state index contributed by atoms with van der Waals surface area (Å²) in [5.74, 6) is 0. The maximum absolute atomic E-state index is 2.48. The van der Waals surface area contributed by atoms with Crippen LogP contribution in [-0.4, -0.2) is 4.57 Å². The molecule has 2 heteroatoms. The maximum Gasteiger partial charge on any atom is 0.0543 e. The minimum Gasteiger partial charge on any atom is -0.310 e. The van der Waals surface area contributed by atoms with Gasteiger partial charge in [0.2, 0.25) is 0 Å². The highest BCUT2D eigenvalue weighted by atomic mass is 15.1. The molecular formula is C46H38N2. The van der Waals surface area contributed by atoms with Crippen LogP contribution < -0.4 is 4.90 Å². The monoisotopic (exact) mass is 618 g/mol. The van der Waals surface area contributed by atoms with E-state index >= 15 is 0 Å². The molecule has 9 rings (SSSR count). The number of rotatable bonds is 4. The topological polar surface area (TPSA) is 8.17 Å². The Morgan fingerprint density at radius 1 is 0.500 bits per heavy atom. The van der Waals surface area contributed by atoms with Gasteiger partial charge in [0, 0.05) is 38.6 Å². The minimum atomic E-state index is -0.208. The lowest BCUT2D eigenvalue weighted by Gasteiger charge is -2.30. The van der Waals surface area contributed by atoms with Gasteiger partial charge in [-0.15, -0.1) is 0 Å². The minimum absolute atomic E-state index is 0.208. The van der Waals surface area contributed by atoms with Gasteiger partial charge in [0.1, 0.15) is 0 Å². The molecule has 48 heavy (non-hydrogen) atoms. The van der Waals surface area contributed by atoms with Crippen molar-refractivity contribution in [1.82, 2.24) is 4.57 Å². The molecule has 0 fully saturated rings. The number of hydrogen-bond acceptors (Lipinski definition) is 1. The first-order valence-corrected chi connectivity index (χ1v) is 16.9. The van der Waals surface area contributed by atoms with Gasteiger partial charge in [0.05, 0.1) is 16.7 Å². The molecular weight excluding hydrogens is 581 g/mol. The number of benzene rings is 7. The average Bonchev–Trinajstić information content (AvgIpc) is 3.56. The van der Waals surface area contributed by atoms with Crippen molar-refractivity contribution in [3.8, 4) is 16.8 Å². The summed E-state index contributed by atoms with van der Waals surface area (Å²) in [4.78, 5) is 2.46. The summed E-state index contributed by atoms with van der Waals surface area (Å²) in [5.41, 5.74) is 16.3. The SMILES string of the molecule is Cc1ccc(N(c2ccc(C)c(C)c2)c2cc3c(c4ccccc24)-c2ccc(-n4c5ccccc5c5ccccc54)cc2C3(C)C)cc1. The molecule has 0 radical (unpaired) electrons. The number of nitrogens with zero attached hydrogens (tertiary/aromatic N) is 2. The zero-order valence-corrected chi connectivity index (χ0v) is 28.2. The summed E-state index contributed by atoms with van der Waals surface area (Å²) >= 11 is 0. The molecule has 0 spiro atoms. The van der Waals surface area contributed by atoms with Gasteiger partial charge in [-0.1, -0.05) is 104 Å². The molecule has 1 aliphatic carbocycles. The van der Waals surface area contributed by atoms with Crippen molar-refractivity contribution in [3.05, 3.63) is 167 Å². The molecule has 1 aromatic heterocycles. The van der Waals surface area contributed by atoms with Gasteiger partial charge in [-0.25, -0.2) is 0 Å². The second-order valence-corrected chi connectivity index (χ2v) is 14.0. The highest BCUT2D eigenvalue weighted by Gasteiger charge is 2.38. The fraction of sp³-hybridized carbons (Fsp3) is 0.130. The van der Waals surface area contributed by atoms with Crippen molar-refractivity contribution >= 4 is 49.6 Å². The van der Waals surface area contributed by atoms with E-state index in [1.54, 1.807) is 0 Å². The third-order valence-corrected chi connectivity index (χ3v) is 10.8. The zero-order valence-electron chi connectivity index (χ0n) is 28.2. The fourth-order valence-electron chi connectivity index (χ4n) is 8.06. The van der Waals surface area contributed by atoms with Crippen LogP contribution in [0, 0.1) is 20.8 Å². The Hall–Kier alpha value is -5.60. The molecule has 7 aromatic carbocycles. The lowest BCUT2D eigenvalue weighted by Crippen LogP contribution is -2.17. The van der Waals surface area contributed by atoms with Crippen molar-refractivity contribution in [2.45, 2.75) is 40.0 Å². The molecule has 0 amide bonds. The summed E-state index contributed by atoms with van der Waals surface area (Å²) in [6.45, 7) is 11.4. The van der Waals surface area contributed by atoms with E-state index in [-0.39, 0.29) is 5.41 Å². The van der Waals surface area contributed by atoms with Crippen LogP contribution in [-0.2, 0) is 5.41 Å².